The summed E-state index contributed by atoms with van der Waals surface area (Å²) in [6.45, 7) is 2.93. The topological polar surface area (TPSA) is 40.7 Å². The lowest BCUT2D eigenvalue weighted by Crippen LogP contribution is -2.06. The van der Waals surface area contributed by atoms with E-state index < -0.39 is 0 Å². The first-order valence-corrected chi connectivity index (χ1v) is 8.44. The van der Waals surface area contributed by atoms with Crippen LogP contribution < -0.4 is 5.32 Å². The van der Waals surface area contributed by atoms with Gasteiger partial charge >= 0.3 is 0 Å². The zero-order chi connectivity index (χ0) is 16.5. The van der Waals surface area contributed by atoms with Crippen LogP contribution in [0.5, 0.6) is 0 Å². The lowest BCUT2D eigenvalue weighted by atomic mass is 10.1. The largest absolute Gasteiger partial charge is 0.370 e. The van der Waals surface area contributed by atoms with Gasteiger partial charge in [-0.15, -0.1) is 0 Å². The highest BCUT2D eigenvalue weighted by Gasteiger charge is 2.05. The van der Waals surface area contributed by atoms with Gasteiger partial charge in [-0.2, -0.15) is 0 Å². The fourth-order valence-electron chi connectivity index (χ4n) is 3.13. The molecule has 2 aromatic carbocycles. The molecular weight excluding hydrogens is 318 g/mol. The molecule has 0 saturated carbocycles. The number of aromatic nitrogens is 2. The third-order valence-electron chi connectivity index (χ3n) is 4.35. The van der Waals surface area contributed by atoms with Crippen LogP contribution in [0.4, 0.5) is 5.82 Å². The predicted molar refractivity (Wildman–Crippen MR) is 102 cm³/mol. The van der Waals surface area contributed by atoms with Crippen molar-refractivity contribution in [3.05, 3.63) is 70.9 Å². The summed E-state index contributed by atoms with van der Waals surface area (Å²) in [7, 11) is 0. The number of para-hydroxylation sites is 1. The summed E-state index contributed by atoms with van der Waals surface area (Å²) < 4.78 is 0. The third kappa shape index (κ3) is 2.83. The Morgan fingerprint density at radius 2 is 1.96 bits per heavy atom. The Morgan fingerprint density at radius 3 is 2.88 bits per heavy atom. The molecule has 0 unspecified atom stereocenters. The highest BCUT2D eigenvalue weighted by molar-refractivity contribution is 6.31. The second kappa shape index (κ2) is 6.17. The minimum atomic E-state index is 0.713. The van der Waals surface area contributed by atoms with Crippen LogP contribution in [0.1, 0.15) is 11.1 Å². The summed E-state index contributed by atoms with van der Waals surface area (Å²) in [6.07, 6.45) is 3.03. The Balaban J connectivity index is 1.52. The van der Waals surface area contributed by atoms with Gasteiger partial charge in [-0.05, 0) is 48.7 Å². The van der Waals surface area contributed by atoms with Crippen molar-refractivity contribution < 1.29 is 0 Å². The van der Waals surface area contributed by atoms with Crippen molar-refractivity contribution >= 4 is 39.2 Å². The van der Waals surface area contributed by atoms with Gasteiger partial charge in [0.2, 0.25) is 0 Å². The Morgan fingerprint density at radius 1 is 1.08 bits per heavy atom. The van der Waals surface area contributed by atoms with E-state index in [9.17, 15) is 0 Å². The van der Waals surface area contributed by atoms with E-state index in [0.29, 0.717) is 5.02 Å². The maximum atomic E-state index is 6.09. The minimum absolute atomic E-state index is 0.713. The van der Waals surface area contributed by atoms with Crippen LogP contribution >= 0.6 is 11.6 Å². The van der Waals surface area contributed by atoms with Crippen LogP contribution in [0.3, 0.4) is 0 Å². The molecule has 3 nitrogen and oxygen atoms in total. The molecule has 2 aromatic heterocycles. The number of nitrogens with one attached hydrogen (secondary N) is 2. The van der Waals surface area contributed by atoms with Crippen molar-refractivity contribution in [2.75, 3.05) is 11.9 Å². The first kappa shape index (κ1) is 15.0. The van der Waals surface area contributed by atoms with Gasteiger partial charge in [0.25, 0.3) is 0 Å². The van der Waals surface area contributed by atoms with Crippen LogP contribution in [0.2, 0.25) is 5.02 Å². The number of nitrogens with zero attached hydrogens (tertiary/aromatic N) is 1. The lowest BCUT2D eigenvalue weighted by Gasteiger charge is -2.09. The van der Waals surface area contributed by atoms with Gasteiger partial charge in [-0.3, -0.25) is 0 Å². The van der Waals surface area contributed by atoms with Crippen LogP contribution in [-0.2, 0) is 6.42 Å². The van der Waals surface area contributed by atoms with Crippen LogP contribution in [0.15, 0.2) is 54.7 Å². The quantitative estimate of drug-likeness (QED) is 0.529. The van der Waals surface area contributed by atoms with Crippen molar-refractivity contribution in [2.24, 2.45) is 0 Å². The molecule has 4 aromatic rings. The molecule has 0 aliphatic heterocycles. The molecule has 120 valence electrons. The summed E-state index contributed by atoms with van der Waals surface area (Å²) >= 11 is 6.09. The first-order chi connectivity index (χ1) is 11.7. The molecule has 0 amide bonds. The zero-order valence-electron chi connectivity index (χ0n) is 13.4. The summed E-state index contributed by atoms with van der Waals surface area (Å²) in [6, 6.07) is 16.3. The first-order valence-electron chi connectivity index (χ1n) is 8.06. The molecule has 0 saturated heterocycles. The number of pyridine rings is 1. The van der Waals surface area contributed by atoms with Crippen LogP contribution in [0, 0.1) is 6.92 Å². The molecule has 4 rings (SSSR count). The monoisotopic (exact) mass is 335 g/mol. The highest BCUT2D eigenvalue weighted by Crippen LogP contribution is 2.23. The van der Waals surface area contributed by atoms with Gasteiger partial charge in [0.05, 0.1) is 5.52 Å². The lowest BCUT2D eigenvalue weighted by molar-refractivity contribution is 1.02. The number of rotatable bonds is 4. The van der Waals surface area contributed by atoms with E-state index in [-0.39, 0.29) is 0 Å². The average Bonchev–Trinajstić information content (AvgIpc) is 2.98. The molecule has 0 fully saturated rings. The highest BCUT2D eigenvalue weighted by atomic mass is 35.5. The van der Waals surface area contributed by atoms with Gasteiger partial charge < -0.3 is 10.3 Å². The van der Waals surface area contributed by atoms with Crippen molar-refractivity contribution in [3.8, 4) is 0 Å². The van der Waals surface area contributed by atoms with Gasteiger partial charge in [-0.1, -0.05) is 35.9 Å². The summed E-state index contributed by atoms with van der Waals surface area (Å²) in [5.74, 6) is 0.891. The number of H-pyrrole nitrogens is 1. The van der Waals surface area contributed by atoms with Crippen molar-refractivity contribution in [1.29, 1.82) is 0 Å². The van der Waals surface area contributed by atoms with Gasteiger partial charge in [-0.25, -0.2) is 4.98 Å². The summed E-state index contributed by atoms with van der Waals surface area (Å²) in [5.41, 5.74) is 4.63. The van der Waals surface area contributed by atoms with Crippen molar-refractivity contribution in [1.82, 2.24) is 9.97 Å². The number of aryl methyl sites for hydroxylation is 1. The molecule has 0 atom stereocenters. The van der Waals surface area contributed by atoms with Crippen molar-refractivity contribution in [2.45, 2.75) is 13.3 Å². The summed E-state index contributed by atoms with van der Waals surface area (Å²) in [4.78, 5) is 7.99. The van der Waals surface area contributed by atoms with Gasteiger partial charge in [0.15, 0.2) is 0 Å². The Hall–Kier alpha value is -2.52. The van der Waals surface area contributed by atoms with Gasteiger partial charge in [0.1, 0.15) is 5.82 Å². The van der Waals surface area contributed by atoms with Crippen LogP contribution in [0.25, 0.3) is 21.8 Å². The normalized spacial score (nSPS) is 11.2. The predicted octanol–water partition coefficient (Wildman–Crippen LogP) is 5.33. The number of halogens is 1. The Kier molecular flexibility index (Phi) is 3.87. The van der Waals surface area contributed by atoms with E-state index in [2.05, 4.69) is 52.7 Å². The fraction of sp³-hybridized carbons (Fsp3) is 0.150. The fourth-order valence-corrected chi connectivity index (χ4v) is 3.30. The second-order valence-electron chi connectivity index (χ2n) is 6.02. The number of hydrogen-bond donors (Lipinski definition) is 2. The van der Waals surface area contributed by atoms with E-state index in [1.165, 1.54) is 22.0 Å². The SMILES string of the molecule is Cc1cc(NCCc2c[nH]c3ccccc23)nc2cc(Cl)ccc12. The van der Waals surface area contributed by atoms with Crippen LogP contribution in [-0.4, -0.2) is 16.5 Å². The van der Waals surface area contributed by atoms with Gasteiger partial charge in [0, 0.05) is 34.1 Å². The van der Waals surface area contributed by atoms with E-state index in [4.69, 9.17) is 11.6 Å². The molecule has 2 heterocycles. The molecular formula is C20H18ClN3. The number of fused-ring (bicyclic) bond motifs is 2. The molecule has 0 radical (unpaired) electrons. The molecule has 24 heavy (non-hydrogen) atoms. The molecule has 0 bridgehead atoms. The Labute approximate surface area is 145 Å². The van der Waals surface area contributed by atoms with E-state index in [1.807, 2.05) is 24.3 Å². The standard InChI is InChI=1S/C20H18ClN3/c1-13-10-20(24-19-11-15(21)6-7-16(13)19)22-9-8-14-12-23-18-5-3-2-4-17(14)18/h2-7,10-12,23H,8-9H2,1H3,(H,22,24). The smallest absolute Gasteiger partial charge is 0.126 e. The second-order valence-corrected chi connectivity index (χ2v) is 6.46. The third-order valence-corrected chi connectivity index (χ3v) is 4.59. The maximum Gasteiger partial charge on any atom is 0.126 e. The number of benzene rings is 2. The summed E-state index contributed by atoms with van der Waals surface area (Å²) in [5, 5.41) is 6.57. The number of anilines is 1. The van der Waals surface area contributed by atoms with E-state index in [1.54, 1.807) is 0 Å². The number of hydrogen-bond acceptors (Lipinski definition) is 2. The molecule has 2 N–H and O–H groups in total. The Bertz CT molecular complexity index is 1020. The van der Waals surface area contributed by atoms with E-state index >= 15 is 0 Å². The number of aromatic amines is 1. The molecule has 0 aliphatic carbocycles. The minimum Gasteiger partial charge on any atom is -0.370 e. The molecule has 0 spiro atoms. The zero-order valence-corrected chi connectivity index (χ0v) is 14.2. The molecule has 4 heteroatoms. The maximum absolute atomic E-state index is 6.09. The molecule has 0 aliphatic rings. The van der Waals surface area contributed by atoms with Crippen molar-refractivity contribution in [3.63, 3.8) is 0 Å². The van der Waals surface area contributed by atoms with E-state index in [0.717, 1.165) is 29.7 Å². The average molecular weight is 336 g/mol.